The zero-order chi connectivity index (χ0) is 25.7. The molecule has 190 valence electrons. The fourth-order valence-electron chi connectivity index (χ4n) is 5.04. The van der Waals surface area contributed by atoms with Crippen LogP contribution in [0, 0.1) is 18.7 Å². The summed E-state index contributed by atoms with van der Waals surface area (Å²) in [6, 6.07) is 21.1. The number of amides is 1. The maximum atomic E-state index is 14.0. The van der Waals surface area contributed by atoms with Crippen LogP contribution < -0.4 is 14.8 Å². The molecule has 0 unspecified atom stereocenters. The second-order valence-electron chi connectivity index (χ2n) is 9.69. The molecule has 0 radical (unpaired) electrons. The molecular weight excluding hydrogens is 455 g/mol. The van der Waals surface area contributed by atoms with Crippen LogP contribution in [0.5, 0.6) is 11.5 Å². The summed E-state index contributed by atoms with van der Waals surface area (Å²) in [7, 11) is 3.28. The van der Waals surface area contributed by atoms with E-state index < -0.39 is 0 Å². The van der Waals surface area contributed by atoms with Crippen molar-refractivity contribution in [1.29, 1.82) is 0 Å². The number of rotatable bonds is 8. The van der Waals surface area contributed by atoms with Crippen molar-refractivity contribution in [3.63, 3.8) is 0 Å². The van der Waals surface area contributed by atoms with Crippen LogP contribution in [-0.4, -0.2) is 38.1 Å². The molecule has 1 aliphatic rings. The van der Waals surface area contributed by atoms with Crippen molar-refractivity contribution >= 4 is 5.91 Å². The summed E-state index contributed by atoms with van der Waals surface area (Å²) >= 11 is 0. The highest BCUT2D eigenvalue weighted by Crippen LogP contribution is 2.33. The number of nitrogens with one attached hydrogen (secondary N) is 1. The highest BCUT2D eigenvalue weighted by Gasteiger charge is 2.33. The van der Waals surface area contributed by atoms with E-state index >= 15 is 0 Å². The van der Waals surface area contributed by atoms with Gasteiger partial charge >= 0.3 is 0 Å². The van der Waals surface area contributed by atoms with Crippen molar-refractivity contribution in [2.45, 2.75) is 38.8 Å². The lowest BCUT2D eigenvalue weighted by Gasteiger charge is -2.38. The number of ether oxygens (including phenoxy) is 2. The monoisotopic (exact) mass is 490 g/mol. The Morgan fingerprint density at radius 2 is 1.72 bits per heavy atom. The average molecular weight is 491 g/mol. The summed E-state index contributed by atoms with van der Waals surface area (Å²) < 4.78 is 24.9. The molecule has 0 aromatic heterocycles. The van der Waals surface area contributed by atoms with Gasteiger partial charge in [0, 0.05) is 25.7 Å². The molecule has 3 aromatic carbocycles. The highest BCUT2D eigenvalue weighted by atomic mass is 19.1. The van der Waals surface area contributed by atoms with Gasteiger partial charge in [0.15, 0.2) is 0 Å². The third kappa shape index (κ3) is 6.24. The number of halogens is 1. The molecule has 0 aliphatic carbocycles. The van der Waals surface area contributed by atoms with Crippen molar-refractivity contribution in [2.75, 3.05) is 27.3 Å². The lowest BCUT2D eigenvalue weighted by Crippen LogP contribution is -2.45. The number of likely N-dealkylation sites (tertiary alicyclic amines) is 1. The van der Waals surface area contributed by atoms with Gasteiger partial charge in [0.05, 0.1) is 26.2 Å². The lowest BCUT2D eigenvalue weighted by molar-refractivity contribution is -0.127. The molecule has 4 rings (SSSR count). The number of carbonyl (C=O) groups excluding carboxylic acids is 1. The smallest absolute Gasteiger partial charge is 0.224 e. The van der Waals surface area contributed by atoms with E-state index in [1.165, 1.54) is 6.07 Å². The summed E-state index contributed by atoms with van der Waals surface area (Å²) in [5, 5.41) is 3.21. The third-order valence-corrected chi connectivity index (χ3v) is 7.03. The Morgan fingerprint density at radius 1 is 1.03 bits per heavy atom. The molecule has 0 spiro atoms. The molecule has 36 heavy (non-hydrogen) atoms. The van der Waals surface area contributed by atoms with E-state index in [-0.39, 0.29) is 29.6 Å². The summed E-state index contributed by atoms with van der Waals surface area (Å²) in [6.07, 6.45) is 0.719. The molecule has 0 saturated carbocycles. The minimum Gasteiger partial charge on any atom is -0.497 e. The maximum Gasteiger partial charge on any atom is 0.224 e. The number of carbonyl (C=O) groups is 1. The van der Waals surface area contributed by atoms with E-state index in [0.29, 0.717) is 18.7 Å². The predicted octanol–water partition coefficient (Wildman–Crippen LogP) is 5.63. The van der Waals surface area contributed by atoms with E-state index in [1.807, 2.05) is 67.6 Å². The minimum atomic E-state index is -0.208. The predicted molar refractivity (Wildman–Crippen MR) is 140 cm³/mol. The van der Waals surface area contributed by atoms with E-state index in [2.05, 4.69) is 10.2 Å². The number of benzene rings is 3. The number of piperidine rings is 1. The zero-order valence-corrected chi connectivity index (χ0v) is 21.5. The molecule has 1 saturated heterocycles. The van der Waals surface area contributed by atoms with E-state index in [1.54, 1.807) is 21.1 Å². The Morgan fingerprint density at radius 3 is 2.36 bits per heavy atom. The first-order chi connectivity index (χ1) is 17.4. The number of hydrogen-bond acceptors (Lipinski definition) is 4. The van der Waals surface area contributed by atoms with Gasteiger partial charge in [-0.25, -0.2) is 4.39 Å². The summed E-state index contributed by atoms with van der Waals surface area (Å²) in [5.74, 6) is 1.24. The van der Waals surface area contributed by atoms with Gasteiger partial charge in [-0.1, -0.05) is 42.5 Å². The SMILES string of the molecule is COc1cc(CN2C[C@H](C(=O)N[C@H](C)c3ccccc3)C[C@@H](c3ccc(F)c(C)c3)C2)cc(OC)c1. The molecule has 5 nitrogen and oxygen atoms in total. The van der Waals surface area contributed by atoms with Gasteiger partial charge in [-0.05, 0) is 66.6 Å². The van der Waals surface area contributed by atoms with Crippen LogP contribution in [0.3, 0.4) is 0 Å². The second-order valence-corrected chi connectivity index (χ2v) is 9.69. The Bertz CT molecular complexity index is 1160. The van der Waals surface area contributed by atoms with Crippen molar-refractivity contribution < 1.29 is 18.7 Å². The van der Waals surface area contributed by atoms with Gasteiger partial charge in [-0.15, -0.1) is 0 Å². The summed E-state index contributed by atoms with van der Waals surface area (Å²) in [4.78, 5) is 15.7. The quantitative estimate of drug-likeness (QED) is 0.444. The van der Waals surface area contributed by atoms with Crippen molar-refractivity contribution in [3.05, 3.63) is 94.8 Å². The molecule has 1 fully saturated rings. The zero-order valence-electron chi connectivity index (χ0n) is 21.5. The third-order valence-electron chi connectivity index (χ3n) is 7.03. The second kappa shape index (κ2) is 11.6. The Labute approximate surface area is 213 Å². The van der Waals surface area contributed by atoms with Crippen molar-refractivity contribution in [2.24, 2.45) is 5.92 Å². The Balaban J connectivity index is 1.57. The fourth-order valence-corrected chi connectivity index (χ4v) is 5.04. The molecular formula is C30H35FN2O3. The van der Waals surface area contributed by atoms with Crippen LogP contribution >= 0.6 is 0 Å². The van der Waals surface area contributed by atoms with Crippen LogP contribution in [0.2, 0.25) is 0 Å². The van der Waals surface area contributed by atoms with Gasteiger partial charge in [-0.3, -0.25) is 9.69 Å². The summed E-state index contributed by atoms with van der Waals surface area (Å²) in [6.45, 7) is 5.87. The molecule has 0 bridgehead atoms. The van der Waals surface area contributed by atoms with E-state index in [4.69, 9.17) is 9.47 Å². The first kappa shape index (κ1) is 25.7. The van der Waals surface area contributed by atoms with Crippen molar-refractivity contribution in [3.8, 4) is 11.5 Å². The molecule has 3 aromatic rings. The van der Waals surface area contributed by atoms with Gasteiger partial charge in [0.2, 0.25) is 5.91 Å². The normalized spacial score (nSPS) is 18.9. The first-order valence-corrected chi connectivity index (χ1v) is 12.4. The van der Waals surface area contributed by atoms with Gasteiger partial charge in [0.1, 0.15) is 17.3 Å². The van der Waals surface area contributed by atoms with Crippen LogP contribution in [0.25, 0.3) is 0 Å². The molecule has 1 N–H and O–H groups in total. The Hall–Kier alpha value is -3.38. The van der Waals surface area contributed by atoms with Crippen LogP contribution in [0.4, 0.5) is 4.39 Å². The van der Waals surface area contributed by atoms with Crippen LogP contribution in [0.15, 0.2) is 66.7 Å². The lowest BCUT2D eigenvalue weighted by atomic mass is 9.83. The standard InChI is InChI=1S/C30H35FN2O3/c1-20-12-24(10-11-29(20)31)25-15-26(30(34)32-21(2)23-8-6-5-7-9-23)19-33(18-25)17-22-13-27(35-3)16-28(14-22)36-4/h5-14,16,21,25-26H,15,17-19H2,1-4H3,(H,32,34)/t21-,25-,26-/m1/s1. The fraction of sp³-hybridized carbons (Fsp3) is 0.367. The molecule has 1 heterocycles. The minimum absolute atomic E-state index is 0.0445. The van der Waals surface area contributed by atoms with Gasteiger partial charge in [-0.2, -0.15) is 0 Å². The highest BCUT2D eigenvalue weighted by molar-refractivity contribution is 5.79. The van der Waals surface area contributed by atoms with Crippen LogP contribution in [-0.2, 0) is 11.3 Å². The maximum absolute atomic E-state index is 14.0. The first-order valence-electron chi connectivity index (χ1n) is 12.4. The summed E-state index contributed by atoms with van der Waals surface area (Å²) in [5.41, 5.74) is 3.82. The number of nitrogens with zero attached hydrogens (tertiary/aromatic N) is 1. The molecule has 3 atom stereocenters. The molecule has 1 amide bonds. The average Bonchev–Trinajstić information content (AvgIpc) is 2.90. The molecule has 6 heteroatoms. The Kier molecular flexibility index (Phi) is 8.26. The number of aryl methyl sites for hydroxylation is 1. The van der Waals surface area contributed by atoms with E-state index in [0.717, 1.165) is 41.2 Å². The topological polar surface area (TPSA) is 50.8 Å². The number of hydrogen-bond donors (Lipinski definition) is 1. The van der Waals surface area contributed by atoms with Crippen LogP contribution in [0.1, 0.15) is 47.6 Å². The number of methoxy groups -OCH3 is 2. The molecule has 1 aliphatic heterocycles. The van der Waals surface area contributed by atoms with Gasteiger partial charge < -0.3 is 14.8 Å². The van der Waals surface area contributed by atoms with E-state index in [9.17, 15) is 9.18 Å². The van der Waals surface area contributed by atoms with Gasteiger partial charge in [0.25, 0.3) is 0 Å². The largest absolute Gasteiger partial charge is 0.497 e. The van der Waals surface area contributed by atoms with Crippen molar-refractivity contribution in [1.82, 2.24) is 10.2 Å².